The van der Waals surface area contributed by atoms with E-state index in [4.69, 9.17) is 14.2 Å². The molecule has 0 aliphatic rings. The molecule has 0 saturated heterocycles. The normalized spacial score (nSPS) is 13.2. The molecule has 0 aromatic heterocycles. The first-order valence-electron chi connectivity index (χ1n) is 8.90. The van der Waals surface area contributed by atoms with E-state index >= 15 is 0 Å². The number of amides is 1. The van der Waals surface area contributed by atoms with Crippen molar-refractivity contribution in [2.24, 2.45) is 0 Å². The summed E-state index contributed by atoms with van der Waals surface area (Å²) in [5.74, 6) is 0.0753. The number of alkyl carbamates (subject to hydrolysis) is 1. The molecule has 148 valence electrons. The summed E-state index contributed by atoms with van der Waals surface area (Å²) in [6, 6.07) is 0. The number of ether oxygens (including phenoxy) is 3. The third kappa shape index (κ3) is 16.1. The Bertz CT molecular complexity index is 393. The molecule has 0 spiro atoms. The molecule has 0 radical (unpaired) electrons. The minimum absolute atomic E-state index is 0.0462. The van der Waals surface area contributed by atoms with E-state index in [9.17, 15) is 9.59 Å². The van der Waals surface area contributed by atoms with Gasteiger partial charge in [0.2, 0.25) is 0 Å². The van der Waals surface area contributed by atoms with Crippen molar-refractivity contribution in [3.8, 4) is 0 Å². The summed E-state index contributed by atoms with van der Waals surface area (Å²) in [6.07, 6.45) is 0.480. The summed E-state index contributed by atoms with van der Waals surface area (Å²) < 4.78 is 16.1. The monoisotopic (exact) mass is 360 g/mol. The van der Waals surface area contributed by atoms with E-state index in [1.54, 1.807) is 0 Å². The third-order valence-electron chi connectivity index (χ3n) is 3.11. The Morgan fingerprint density at radius 2 is 1.76 bits per heavy atom. The standard InChI is InChI=1S/C18H36N2O5/c1-14(2)24-13-16(21)12-20(7)10-8-15(3)23-11-9-19-17(22)25-18(4,5)6/h14-15H,8-13H2,1-7H3,(H,19,22). The van der Waals surface area contributed by atoms with Crippen LogP contribution in [0, 0.1) is 0 Å². The second-order valence-electron chi connectivity index (χ2n) is 7.53. The van der Waals surface area contributed by atoms with Crippen LogP contribution in [-0.2, 0) is 19.0 Å². The molecule has 0 heterocycles. The average Bonchev–Trinajstić information content (AvgIpc) is 2.45. The van der Waals surface area contributed by atoms with Gasteiger partial charge in [0.1, 0.15) is 12.2 Å². The zero-order valence-electron chi connectivity index (χ0n) is 16.9. The molecule has 0 saturated carbocycles. The predicted molar refractivity (Wildman–Crippen MR) is 97.9 cm³/mol. The van der Waals surface area contributed by atoms with Gasteiger partial charge in [0.25, 0.3) is 0 Å². The number of hydrogen-bond donors (Lipinski definition) is 1. The Labute approximate surface area is 152 Å². The first-order valence-corrected chi connectivity index (χ1v) is 8.90. The van der Waals surface area contributed by atoms with Gasteiger partial charge >= 0.3 is 6.09 Å². The van der Waals surface area contributed by atoms with Gasteiger partial charge in [-0.1, -0.05) is 0 Å². The molecule has 25 heavy (non-hydrogen) atoms. The molecule has 7 nitrogen and oxygen atoms in total. The van der Waals surface area contributed by atoms with E-state index in [1.165, 1.54) is 0 Å². The zero-order chi connectivity index (χ0) is 19.5. The van der Waals surface area contributed by atoms with Crippen LogP contribution in [0.2, 0.25) is 0 Å². The second kappa shape index (κ2) is 12.2. The van der Waals surface area contributed by atoms with Gasteiger partial charge in [0.15, 0.2) is 5.78 Å². The van der Waals surface area contributed by atoms with E-state index in [0.29, 0.717) is 19.7 Å². The highest BCUT2D eigenvalue weighted by Crippen LogP contribution is 2.06. The first-order chi connectivity index (χ1) is 11.5. The summed E-state index contributed by atoms with van der Waals surface area (Å²) in [7, 11) is 1.91. The number of nitrogens with zero attached hydrogens (tertiary/aromatic N) is 1. The number of rotatable bonds is 12. The van der Waals surface area contributed by atoms with Gasteiger partial charge in [-0.15, -0.1) is 0 Å². The van der Waals surface area contributed by atoms with Crippen LogP contribution in [0.25, 0.3) is 0 Å². The van der Waals surface area contributed by atoms with Gasteiger partial charge in [-0.25, -0.2) is 4.79 Å². The molecular weight excluding hydrogens is 324 g/mol. The van der Waals surface area contributed by atoms with Crippen molar-refractivity contribution in [3.05, 3.63) is 0 Å². The fraction of sp³-hybridized carbons (Fsp3) is 0.889. The summed E-state index contributed by atoms with van der Waals surface area (Å²) in [5.41, 5.74) is -0.500. The minimum Gasteiger partial charge on any atom is -0.444 e. The molecule has 0 rings (SSSR count). The van der Waals surface area contributed by atoms with Crippen LogP contribution < -0.4 is 5.32 Å². The molecule has 0 aromatic rings. The molecule has 1 atom stereocenters. The maximum absolute atomic E-state index is 11.7. The fourth-order valence-electron chi connectivity index (χ4n) is 1.90. The lowest BCUT2D eigenvalue weighted by Gasteiger charge is -2.21. The van der Waals surface area contributed by atoms with E-state index < -0.39 is 11.7 Å². The fourth-order valence-corrected chi connectivity index (χ4v) is 1.90. The van der Waals surface area contributed by atoms with E-state index in [1.807, 2.05) is 53.5 Å². The van der Waals surface area contributed by atoms with Crippen molar-refractivity contribution in [1.82, 2.24) is 10.2 Å². The Kier molecular flexibility index (Phi) is 11.6. The third-order valence-corrected chi connectivity index (χ3v) is 3.11. The topological polar surface area (TPSA) is 77.1 Å². The lowest BCUT2D eigenvalue weighted by atomic mass is 10.2. The molecule has 1 amide bonds. The van der Waals surface area contributed by atoms with Gasteiger partial charge < -0.3 is 19.5 Å². The van der Waals surface area contributed by atoms with Crippen molar-refractivity contribution in [3.63, 3.8) is 0 Å². The number of carbonyl (C=O) groups excluding carboxylic acids is 2. The molecule has 0 aliphatic carbocycles. The molecule has 1 N–H and O–H groups in total. The van der Waals surface area contributed by atoms with Crippen LogP contribution in [0.15, 0.2) is 0 Å². The van der Waals surface area contributed by atoms with Crippen LogP contribution in [0.3, 0.4) is 0 Å². The Hall–Kier alpha value is -1.18. The second-order valence-corrected chi connectivity index (χ2v) is 7.53. The summed E-state index contributed by atoms with van der Waals surface area (Å²) in [6.45, 7) is 13.4. The predicted octanol–water partition coefficient (Wildman–Crippen LogP) is 2.23. The Morgan fingerprint density at radius 3 is 2.32 bits per heavy atom. The lowest BCUT2D eigenvalue weighted by molar-refractivity contribution is -0.125. The number of hydrogen-bond acceptors (Lipinski definition) is 6. The first kappa shape index (κ1) is 23.8. The van der Waals surface area contributed by atoms with Crippen molar-refractivity contribution in [2.45, 2.75) is 65.8 Å². The maximum atomic E-state index is 11.7. The van der Waals surface area contributed by atoms with Crippen LogP contribution >= 0.6 is 0 Å². The number of Topliss-reactive ketones (excluding diaryl/α,β-unsaturated/α-hetero) is 1. The highest BCUT2D eigenvalue weighted by atomic mass is 16.6. The van der Waals surface area contributed by atoms with Gasteiger partial charge in [-0.05, 0) is 55.0 Å². The number of carbonyl (C=O) groups is 2. The number of nitrogens with one attached hydrogen (secondary N) is 1. The highest BCUT2D eigenvalue weighted by Gasteiger charge is 2.15. The molecule has 0 aromatic carbocycles. The van der Waals surface area contributed by atoms with Crippen molar-refractivity contribution < 1.29 is 23.8 Å². The van der Waals surface area contributed by atoms with E-state index in [2.05, 4.69) is 5.32 Å². The van der Waals surface area contributed by atoms with Gasteiger partial charge in [-0.3, -0.25) is 9.69 Å². The Morgan fingerprint density at radius 1 is 1.12 bits per heavy atom. The summed E-state index contributed by atoms with van der Waals surface area (Å²) >= 11 is 0. The largest absolute Gasteiger partial charge is 0.444 e. The van der Waals surface area contributed by atoms with Crippen molar-refractivity contribution in [1.29, 1.82) is 0 Å². The van der Waals surface area contributed by atoms with Gasteiger partial charge in [0.05, 0.1) is 25.4 Å². The summed E-state index contributed by atoms with van der Waals surface area (Å²) in [5, 5.41) is 2.65. The molecule has 0 fully saturated rings. The van der Waals surface area contributed by atoms with Gasteiger partial charge in [0, 0.05) is 13.1 Å². The van der Waals surface area contributed by atoms with Crippen molar-refractivity contribution in [2.75, 3.05) is 39.9 Å². The maximum Gasteiger partial charge on any atom is 0.407 e. The van der Waals surface area contributed by atoms with Gasteiger partial charge in [-0.2, -0.15) is 0 Å². The average molecular weight is 360 g/mol. The van der Waals surface area contributed by atoms with Crippen LogP contribution in [0.4, 0.5) is 4.79 Å². The van der Waals surface area contributed by atoms with Crippen LogP contribution in [-0.4, -0.2) is 74.5 Å². The number of likely N-dealkylation sites (N-methyl/N-ethyl adjacent to an activating group) is 1. The van der Waals surface area contributed by atoms with Crippen LogP contribution in [0.1, 0.15) is 48.0 Å². The quantitative estimate of drug-likeness (QED) is 0.538. The SMILES string of the molecule is CC(C)OCC(=O)CN(C)CCC(C)OCCNC(=O)OC(C)(C)C. The van der Waals surface area contributed by atoms with Crippen LogP contribution in [0.5, 0.6) is 0 Å². The number of ketones is 1. The smallest absolute Gasteiger partial charge is 0.407 e. The zero-order valence-corrected chi connectivity index (χ0v) is 16.9. The van der Waals surface area contributed by atoms with E-state index in [-0.39, 0.29) is 24.6 Å². The molecular formula is C18H36N2O5. The molecule has 0 bridgehead atoms. The molecule has 0 aliphatic heterocycles. The highest BCUT2D eigenvalue weighted by molar-refractivity contribution is 5.81. The van der Waals surface area contributed by atoms with E-state index in [0.717, 1.165) is 13.0 Å². The summed E-state index contributed by atoms with van der Waals surface area (Å²) in [4.78, 5) is 25.2. The molecule has 1 unspecified atom stereocenters. The lowest BCUT2D eigenvalue weighted by Crippen LogP contribution is -2.35. The Balaban J connectivity index is 3.74. The molecule has 7 heteroatoms. The van der Waals surface area contributed by atoms with Crippen molar-refractivity contribution >= 4 is 11.9 Å². The minimum atomic E-state index is -0.500.